The van der Waals surface area contributed by atoms with Gasteiger partial charge in [0.15, 0.2) is 0 Å². The Bertz CT molecular complexity index is 880. The third-order valence-corrected chi connectivity index (χ3v) is 5.85. The minimum absolute atomic E-state index is 0.00734. The fourth-order valence-corrected chi connectivity index (χ4v) is 4.45. The van der Waals surface area contributed by atoms with Gasteiger partial charge in [0.1, 0.15) is 12.4 Å². The second-order valence-electron chi connectivity index (χ2n) is 7.72. The zero-order chi connectivity index (χ0) is 19.7. The molecule has 28 heavy (non-hydrogen) atoms. The van der Waals surface area contributed by atoms with Crippen LogP contribution in [-0.4, -0.2) is 69.2 Å². The van der Waals surface area contributed by atoms with Crippen LogP contribution in [0.15, 0.2) is 24.3 Å². The third-order valence-electron chi connectivity index (χ3n) is 5.85. The highest BCUT2D eigenvalue weighted by molar-refractivity contribution is 5.81. The number of nitrogens with zero attached hydrogens (tertiary/aromatic N) is 3. The zero-order valence-electron chi connectivity index (χ0n) is 16.1. The molecular weight excluding hydrogens is 358 g/mol. The van der Waals surface area contributed by atoms with E-state index in [9.17, 15) is 14.7 Å². The monoisotopic (exact) mass is 385 g/mol. The normalized spacial score (nSPS) is 26.2. The lowest BCUT2D eigenvalue weighted by atomic mass is 9.86. The average Bonchev–Trinajstić information content (AvgIpc) is 2.99. The number of imidazole rings is 1. The van der Waals surface area contributed by atoms with E-state index in [1.807, 2.05) is 40.7 Å². The Kier molecular flexibility index (Phi) is 5.32. The summed E-state index contributed by atoms with van der Waals surface area (Å²) in [5.41, 5.74) is 1.80. The molecule has 1 saturated heterocycles. The predicted molar refractivity (Wildman–Crippen MR) is 105 cm³/mol. The molecule has 0 unspecified atom stereocenters. The number of fused-ring (bicyclic) bond motifs is 1. The zero-order valence-corrected chi connectivity index (χ0v) is 16.1. The molecule has 1 aliphatic carbocycles. The van der Waals surface area contributed by atoms with E-state index in [1.54, 1.807) is 0 Å². The van der Waals surface area contributed by atoms with E-state index in [2.05, 4.69) is 15.6 Å². The highest BCUT2D eigenvalue weighted by Gasteiger charge is 2.37. The quantitative estimate of drug-likeness (QED) is 0.697. The van der Waals surface area contributed by atoms with Gasteiger partial charge in [0.2, 0.25) is 11.8 Å². The smallest absolute Gasteiger partial charge is 0.240 e. The standard InChI is InChI=1S/C20H27N5O3/c1-13-22-14-5-2-3-7-16(14)25(13)12-19(27)23-15-6-4-8-17(20(15)28)24-10-9-21-18(26)11-24/h2-3,5,7,15,17,20,28H,4,6,8-12H2,1H3,(H,21,26)(H,23,27)/t15-,17-,20-/m1/s1. The number of piperazine rings is 1. The van der Waals surface area contributed by atoms with E-state index in [0.717, 1.165) is 42.7 Å². The van der Waals surface area contributed by atoms with Crippen molar-refractivity contribution in [3.8, 4) is 0 Å². The molecule has 0 spiro atoms. The summed E-state index contributed by atoms with van der Waals surface area (Å²) >= 11 is 0. The molecule has 8 nitrogen and oxygen atoms in total. The Hall–Kier alpha value is -2.45. The van der Waals surface area contributed by atoms with Crippen LogP contribution in [0.4, 0.5) is 0 Å². The number of hydrogen-bond donors (Lipinski definition) is 3. The first-order valence-corrected chi connectivity index (χ1v) is 9.93. The largest absolute Gasteiger partial charge is 0.389 e. The number of benzene rings is 1. The maximum absolute atomic E-state index is 12.7. The molecule has 2 aromatic rings. The summed E-state index contributed by atoms with van der Waals surface area (Å²) in [7, 11) is 0. The molecule has 1 aliphatic heterocycles. The number of aliphatic hydroxyl groups is 1. The van der Waals surface area contributed by atoms with Gasteiger partial charge < -0.3 is 20.3 Å². The molecule has 0 radical (unpaired) electrons. The maximum atomic E-state index is 12.7. The van der Waals surface area contributed by atoms with Crippen LogP contribution in [0.3, 0.4) is 0 Å². The third kappa shape index (κ3) is 3.74. The van der Waals surface area contributed by atoms with Gasteiger partial charge in [-0.3, -0.25) is 14.5 Å². The lowest BCUT2D eigenvalue weighted by Gasteiger charge is -2.42. The van der Waals surface area contributed by atoms with E-state index in [-0.39, 0.29) is 30.4 Å². The summed E-state index contributed by atoms with van der Waals surface area (Å²) in [6.45, 7) is 3.70. The van der Waals surface area contributed by atoms with E-state index in [1.165, 1.54) is 0 Å². The Balaban J connectivity index is 1.42. The Morgan fingerprint density at radius 1 is 1.36 bits per heavy atom. The molecule has 2 amide bonds. The Morgan fingerprint density at radius 3 is 3.00 bits per heavy atom. The van der Waals surface area contributed by atoms with Crippen molar-refractivity contribution in [2.45, 2.75) is 50.9 Å². The second kappa shape index (κ2) is 7.89. The van der Waals surface area contributed by atoms with Crippen molar-refractivity contribution < 1.29 is 14.7 Å². The highest BCUT2D eigenvalue weighted by atomic mass is 16.3. The van der Waals surface area contributed by atoms with Crippen molar-refractivity contribution in [1.82, 2.24) is 25.1 Å². The number of para-hydroxylation sites is 2. The molecule has 1 aromatic heterocycles. The summed E-state index contributed by atoms with van der Waals surface area (Å²) in [4.78, 5) is 30.9. The molecule has 2 aliphatic rings. The lowest BCUT2D eigenvalue weighted by Crippen LogP contribution is -2.61. The topological polar surface area (TPSA) is 99.5 Å². The van der Waals surface area contributed by atoms with E-state index < -0.39 is 6.10 Å². The summed E-state index contributed by atoms with van der Waals surface area (Å²) in [6, 6.07) is 7.35. The fraction of sp³-hybridized carbons (Fsp3) is 0.550. The molecule has 4 rings (SSSR count). The number of aryl methyl sites for hydroxylation is 1. The molecule has 8 heteroatoms. The van der Waals surface area contributed by atoms with Gasteiger partial charge in [-0.15, -0.1) is 0 Å². The van der Waals surface area contributed by atoms with E-state index in [0.29, 0.717) is 13.1 Å². The van der Waals surface area contributed by atoms with Gasteiger partial charge in [0.25, 0.3) is 0 Å². The van der Waals surface area contributed by atoms with Gasteiger partial charge in [-0.05, 0) is 38.3 Å². The van der Waals surface area contributed by atoms with Gasteiger partial charge in [0, 0.05) is 19.1 Å². The van der Waals surface area contributed by atoms with Crippen LogP contribution in [0.1, 0.15) is 25.1 Å². The average molecular weight is 385 g/mol. The molecule has 2 heterocycles. The van der Waals surface area contributed by atoms with Gasteiger partial charge >= 0.3 is 0 Å². The Morgan fingerprint density at radius 2 is 2.18 bits per heavy atom. The van der Waals surface area contributed by atoms with Crippen LogP contribution in [0.2, 0.25) is 0 Å². The molecule has 2 fully saturated rings. The second-order valence-corrected chi connectivity index (χ2v) is 7.72. The fourth-order valence-electron chi connectivity index (χ4n) is 4.45. The Labute approximate surface area is 163 Å². The molecule has 1 aromatic carbocycles. The van der Waals surface area contributed by atoms with Crippen LogP contribution >= 0.6 is 0 Å². The number of aliphatic hydroxyl groups excluding tert-OH is 1. The van der Waals surface area contributed by atoms with Crippen molar-refractivity contribution in [2.75, 3.05) is 19.6 Å². The number of amides is 2. The van der Waals surface area contributed by atoms with Crippen molar-refractivity contribution >= 4 is 22.8 Å². The number of aromatic nitrogens is 2. The van der Waals surface area contributed by atoms with Crippen molar-refractivity contribution in [3.05, 3.63) is 30.1 Å². The van der Waals surface area contributed by atoms with E-state index in [4.69, 9.17) is 0 Å². The number of nitrogens with one attached hydrogen (secondary N) is 2. The summed E-state index contributed by atoms with van der Waals surface area (Å²) in [5.74, 6) is 0.650. The first kappa shape index (κ1) is 18.9. The molecule has 3 atom stereocenters. The first-order chi connectivity index (χ1) is 13.5. The highest BCUT2D eigenvalue weighted by Crippen LogP contribution is 2.24. The van der Waals surface area contributed by atoms with Gasteiger partial charge in [-0.2, -0.15) is 0 Å². The summed E-state index contributed by atoms with van der Waals surface area (Å²) in [5, 5.41) is 16.7. The van der Waals surface area contributed by atoms with Gasteiger partial charge in [0.05, 0.1) is 29.7 Å². The van der Waals surface area contributed by atoms with Crippen molar-refractivity contribution in [1.29, 1.82) is 0 Å². The van der Waals surface area contributed by atoms with Gasteiger partial charge in [-0.1, -0.05) is 12.1 Å². The van der Waals surface area contributed by atoms with E-state index >= 15 is 0 Å². The minimum Gasteiger partial charge on any atom is -0.389 e. The molecule has 3 N–H and O–H groups in total. The van der Waals surface area contributed by atoms with Crippen LogP contribution in [0, 0.1) is 6.92 Å². The van der Waals surface area contributed by atoms with Crippen LogP contribution < -0.4 is 10.6 Å². The molecular formula is C20H27N5O3. The van der Waals surface area contributed by atoms with Crippen LogP contribution in [-0.2, 0) is 16.1 Å². The number of rotatable bonds is 4. The number of carbonyl (C=O) groups excluding carboxylic acids is 2. The molecule has 150 valence electrons. The van der Waals surface area contributed by atoms with Crippen molar-refractivity contribution in [3.63, 3.8) is 0 Å². The molecule has 0 bridgehead atoms. The van der Waals surface area contributed by atoms with Crippen LogP contribution in [0.5, 0.6) is 0 Å². The maximum Gasteiger partial charge on any atom is 0.240 e. The predicted octanol–water partition coefficient (Wildman–Crippen LogP) is 0.175. The first-order valence-electron chi connectivity index (χ1n) is 9.93. The summed E-state index contributed by atoms with van der Waals surface area (Å²) in [6.07, 6.45) is 1.82. The summed E-state index contributed by atoms with van der Waals surface area (Å²) < 4.78 is 1.90. The minimum atomic E-state index is -0.677. The SMILES string of the molecule is Cc1nc2ccccc2n1CC(=O)N[C@@H]1CCC[C@@H](N2CCNC(=O)C2)[C@@H]1O. The van der Waals surface area contributed by atoms with Crippen LogP contribution in [0.25, 0.3) is 11.0 Å². The van der Waals surface area contributed by atoms with Crippen molar-refractivity contribution in [2.24, 2.45) is 0 Å². The molecule has 1 saturated carbocycles. The number of carbonyl (C=O) groups is 2. The van der Waals surface area contributed by atoms with Gasteiger partial charge in [-0.25, -0.2) is 4.98 Å². The lowest BCUT2D eigenvalue weighted by molar-refractivity contribution is -0.129. The number of hydrogen-bond acceptors (Lipinski definition) is 5.